The van der Waals surface area contributed by atoms with Crippen molar-refractivity contribution in [1.82, 2.24) is 5.32 Å². The minimum absolute atomic E-state index is 0.0672. The Kier molecular flexibility index (Phi) is 4.36. The second-order valence-corrected chi connectivity index (χ2v) is 8.14. The molecule has 2 aliphatic rings. The van der Waals surface area contributed by atoms with Gasteiger partial charge in [-0.3, -0.25) is 9.59 Å². The van der Waals surface area contributed by atoms with Gasteiger partial charge in [-0.05, 0) is 36.0 Å². The fraction of sp³-hybridized carbons (Fsp3) is 0.882. The average molecular weight is 295 g/mol. The minimum Gasteiger partial charge on any atom is -0.481 e. The molecule has 0 aliphatic heterocycles. The van der Waals surface area contributed by atoms with Crippen LogP contribution in [0.3, 0.4) is 0 Å². The zero-order valence-corrected chi connectivity index (χ0v) is 13.7. The Balaban J connectivity index is 1.93. The molecular weight excluding hydrogens is 266 g/mol. The van der Waals surface area contributed by atoms with E-state index < -0.39 is 17.3 Å². The molecule has 2 atom stereocenters. The van der Waals surface area contributed by atoms with Crippen LogP contribution in [0.25, 0.3) is 0 Å². The first-order chi connectivity index (χ1) is 9.69. The van der Waals surface area contributed by atoms with E-state index in [9.17, 15) is 14.7 Å². The average Bonchev–Trinajstić information content (AvgIpc) is 2.71. The lowest BCUT2D eigenvalue weighted by atomic mass is 9.78. The molecule has 0 aromatic rings. The van der Waals surface area contributed by atoms with Gasteiger partial charge in [0.05, 0.1) is 11.8 Å². The van der Waals surface area contributed by atoms with Gasteiger partial charge in [-0.2, -0.15) is 0 Å². The molecule has 2 saturated carbocycles. The van der Waals surface area contributed by atoms with Crippen molar-refractivity contribution < 1.29 is 14.7 Å². The summed E-state index contributed by atoms with van der Waals surface area (Å²) in [7, 11) is 0. The third kappa shape index (κ3) is 3.24. The predicted octanol–water partition coefficient (Wildman–Crippen LogP) is 3.07. The molecule has 0 bridgehead atoms. The summed E-state index contributed by atoms with van der Waals surface area (Å²) in [4.78, 5) is 23.5. The summed E-state index contributed by atoms with van der Waals surface area (Å²) < 4.78 is 0. The number of carbonyl (C=O) groups is 2. The Morgan fingerprint density at radius 2 is 1.76 bits per heavy atom. The van der Waals surface area contributed by atoms with Gasteiger partial charge in [0.25, 0.3) is 0 Å². The lowest BCUT2D eigenvalue weighted by Crippen LogP contribution is -2.38. The first-order valence-corrected chi connectivity index (χ1v) is 8.20. The van der Waals surface area contributed by atoms with Crippen LogP contribution < -0.4 is 5.32 Å². The van der Waals surface area contributed by atoms with Crippen molar-refractivity contribution in [3.8, 4) is 0 Å². The molecule has 0 spiro atoms. The van der Waals surface area contributed by atoms with Gasteiger partial charge >= 0.3 is 5.97 Å². The van der Waals surface area contributed by atoms with Gasteiger partial charge in [0, 0.05) is 6.54 Å². The molecule has 4 nitrogen and oxygen atoms in total. The number of rotatable bonds is 6. The summed E-state index contributed by atoms with van der Waals surface area (Å²) in [6.07, 6.45) is 6.00. The Hall–Kier alpha value is -1.06. The van der Waals surface area contributed by atoms with Crippen LogP contribution in [0, 0.1) is 28.6 Å². The van der Waals surface area contributed by atoms with E-state index in [1.807, 2.05) is 13.8 Å². The molecule has 0 aromatic carbocycles. The highest BCUT2D eigenvalue weighted by Gasteiger charge is 2.65. The van der Waals surface area contributed by atoms with Crippen LogP contribution in [0.4, 0.5) is 0 Å². The van der Waals surface area contributed by atoms with Gasteiger partial charge in [-0.1, -0.05) is 40.5 Å². The first kappa shape index (κ1) is 16.3. The summed E-state index contributed by atoms with van der Waals surface area (Å²) in [6.45, 7) is 8.91. The lowest BCUT2D eigenvalue weighted by Gasteiger charge is -2.31. The molecule has 21 heavy (non-hydrogen) atoms. The second kappa shape index (κ2) is 5.62. The van der Waals surface area contributed by atoms with E-state index in [1.54, 1.807) is 0 Å². The minimum atomic E-state index is -0.849. The number of hydrogen-bond acceptors (Lipinski definition) is 2. The summed E-state index contributed by atoms with van der Waals surface area (Å²) >= 11 is 0. The topological polar surface area (TPSA) is 66.4 Å². The maximum absolute atomic E-state index is 12.3. The van der Waals surface area contributed by atoms with Crippen molar-refractivity contribution in [1.29, 1.82) is 0 Å². The molecule has 0 radical (unpaired) electrons. The van der Waals surface area contributed by atoms with Crippen LogP contribution in [0.15, 0.2) is 0 Å². The van der Waals surface area contributed by atoms with E-state index >= 15 is 0 Å². The van der Waals surface area contributed by atoms with Crippen molar-refractivity contribution >= 4 is 11.9 Å². The standard InChI is InChI=1S/C17H29NO3/c1-11(2)9-17(7-5-6-8-17)10-18-14(19)12-13(15(20)21)16(12,3)4/h11-13H,5-10H2,1-4H3,(H,18,19)(H,20,21). The van der Waals surface area contributed by atoms with Crippen LogP contribution >= 0.6 is 0 Å². The fourth-order valence-corrected chi connectivity index (χ4v) is 4.42. The van der Waals surface area contributed by atoms with Crippen molar-refractivity contribution in [3.63, 3.8) is 0 Å². The van der Waals surface area contributed by atoms with Crippen molar-refractivity contribution in [2.24, 2.45) is 28.6 Å². The molecule has 0 aromatic heterocycles. The number of hydrogen-bond donors (Lipinski definition) is 2. The Morgan fingerprint density at radius 1 is 1.19 bits per heavy atom. The van der Waals surface area contributed by atoms with Gasteiger partial charge in [-0.15, -0.1) is 0 Å². The van der Waals surface area contributed by atoms with E-state index in [4.69, 9.17) is 0 Å². The van der Waals surface area contributed by atoms with Crippen LogP contribution in [0.1, 0.15) is 59.8 Å². The molecule has 2 fully saturated rings. The molecule has 1 amide bonds. The monoisotopic (exact) mass is 295 g/mol. The highest BCUT2D eigenvalue weighted by Crippen LogP contribution is 2.58. The normalized spacial score (nSPS) is 29.4. The molecule has 0 heterocycles. The van der Waals surface area contributed by atoms with Gasteiger partial charge in [-0.25, -0.2) is 0 Å². The van der Waals surface area contributed by atoms with Crippen molar-refractivity contribution in [2.45, 2.75) is 59.8 Å². The van der Waals surface area contributed by atoms with E-state index in [-0.39, 0.29) is 17.2 Å². The molecule has 0 saturated heterocycles. The highest BCUT2D eigenvalue weighted by atomic mass is 16.4. The summed E-state index contributed by atoms with van der Waals surface area (Å²) in [5.74, 6) is -1.18. The number of aliphatic carboxylic acids is 1. The summed E-state index contributed by atoms with van der Waals surface area (Å²) in [5.41, 5.74) is -0.168. The molecule has 4 heteroatoms. The number of carboxylic acid groups (broad SMARTS) is 1. The van der Waals surface area contributed by atoms with Crippen LogP contribution in [0.2, 0.25) is 0 Å². The Morgan fingerprint density at radius 3 is 2.19 bits per heavy atom. The summed E-state index contributed by atoms with van der Waals surface area (Å²) in [6, 6.07) is 0. The van der Waals surface area contributed by atoms with Crippen LogP contribution in [-0.4, -0.2) is 23.5 Å². The molecule has 120 valence electrons. The van der Waals surface area contributed by atoms with E-state index in [0.717, 1.165) is 6.42 Å². The van der Waals surface area contributed by atoms with E-state index in [0.29, 0.717) is 12.5 Å². The summed E-state index contributed by atoms with van der Waals surface area (Å²) in [5, 5.41) is 12.2. The zero-order valence-electron chi connectivity index (χ0n) is 13.7. The van der Waals surface area contributed by atoms with E-state index in [1.165, 1.54) is 25.7 Å². The van der Waals surface area contributed by atoms with Crippen LogP contribution in [0.5, 0.6) is 0 Å². The van der Waals surface area contributed by atoms with Gasteiger partial charge < -0.3 is 10.4 Å². The lowest BCUT2D eigenvalue weighted by molar-refractivity contribution is -0.140. The highest BCUT2D eigenvalue weighted by molar-refractivity contribution is 5.91. The molecule has 2 unspecified atom stereocenters. The Bertz CT molecular complexity index is 422. The predicted molar refractivity (Wildman–Crippen MR) is 81.8 cm³/mol. The quantitative estimate of drug-likeness (QED) is 0.791. The van der Waals surface area contributed by atoms with Crippen LogP contribution in [-0.2, 0) is 9.59 Å². The number of carbonyl (C=O) groups excluding carboxylic acids is 1. The molecule has 2 aliphatic carbocycles. The first-order valence-electron chi connectivity index (χ1n) is 8.20. The number of amides is 1. The van der Waals surface area contributed by atoms with Crippen molar-refractivity contribution in [2.75, 3.05) is 6.54 Å². The van der Waals surface area contributed by atoms with E-state index in [2.05, 4.69) is 19.2 Å². The molecular formula is C17H29NO3. The fourth-order valence-electron chi connectivity index (χ4n) is 4.42. The molecule has 2 rings (SSSR count). The maximum Gasteiger partial charge on any atom is 0.307 e. The third-order valence-electron chi connectivity index (χ3n) is 5.52. The number of nitrogens with one attached hydrogen (secondary N) is 1. The molecule has 2 N–H and O–H groups in total. The number of carboxylic acids is 1. The van der Waals surface area contributed by atoms with Crippen molar-refractivity contribution in [3.05, 3.63) is 0 Å². The largest absolute Gasteiger partial charge is 0.481 e. The second-order valence-electron chi connectivity index (χ2n) is 8.14. The smallest absolute Gasteiger partial charge is 0.307 e. The Labute approximate surface area is 127 Å². The maximum atomic E-state index is 12.3. The van der Waals surface area contributed by atoms with Gasteiger partial charge in [0.2, 0.25) is 5.91 Å². The zero-order chi connectivity index (χ0) is 15.8. The SMILES string of the molecule is CC(C)CC1(CNC(=O)C2C(C(=O)O)C2(C)C)CCCC1. The van der Waals surface area contributed by atoms with Gasteiger partial charge in [0.1, 0.15) is 0 Å². The third-order valence-corrected chi connectivity index (χ3v) is 5.52. The van der Waals surface area contributed by atoms with Gasteiger partial charge in [0.15, 0.2) is 0 Å².